The Bertz CT molecular complexity index is 906. The first-order chi connectivity index (χ1) is 13.7. The zero-order valence-corrected chi connectivity index (χ0v) is 16.1. The van der Waals surface area contributed by atoms with Crippen LogP contribution in [0.5, 0.6) is 17.4 Å². The number of H-pyrrole nitrogens is 1. The summed E-state index contributed by atoms with van der Waals surface area (Å²) in [7, 11) is 0. The average Bonchev–Trinajstić information content (AvgIpc) is 3.17. The number of pyridine rings is 1. The van der Waals surface area contributed by atoms with Gasteiger partial charge in [0, 0.05) is 24.5 Å². The van der Waals surface area contributed by atoms with Crippen LogP contribution in [-0.2, 0) is 13.0 Å². The number of aromatic amines is 1. The molecule has 2 N–H and O–H groups in total. The lowest BCUT2D eigenvalue weighted by Crippen LogP contribution is -2.23. The molecule has 0 aliphatic rings. The summed E-state index contributed by atoms with van der Waals surface area (Å²) < 4.78 is 11.2. The van der Waals surface area contributed by atoms with Crippen molar-refractivity contribution in [3.63, 3.8) is 0 Å². The summed E-state index contributed by atoms with van der Waals surface area (Å²) in [6.45, 7) is 5.00. The molecule has 28 heavy (non-hydrogen) atoms. The molecule has 0 aliphatic heterocycles. The van der Waals surface area contributed by atoms with Gasteiger partial charge in [0.15, 0.2) is 0 Å². The van der Waals surface area contributed by atoms with Crippen molar-refractivity contribution in [3.8, 4) is 17.4 Å². The molecular weight excluding hydrogens is 356 g/mol. The fourth-order valence-electron chi connectivity index (χ4n) is 2.66. The largest absolute Gasteiger partial charge is 0.494 e. The van der Waals surface area contributed by atoms with Crippen LogP contribution in [0.2, 0.25) is 0 Å². The van der Waals surface area contributed by atoms with Crippen LogP contribution in [0.15, 0.2) is 48.7 Å². The van der Waals surface area contributed by atoms with E-state index in [4.69, 9.17) is 9.47 Å². The number of benzene rings is 1. The van der Waals surface area contributed by atoms with E-state index in [0.29, 0.717) is 30.5 Å². The number of hydrogen-bond acceptors (Lipinski definition) is 5. The average molecular weight is 380 g/mol. The van der Waals surface area contributed by atoms with Gasteiger partial charge in [0.05, 0.1) is 6.61 Å². The van der Waals surface area contributed by atoms with Crippen molar-refractivity contribution in [1.82, 2.24) is 20.5 Å². The zero-order chi connectivity index (χ0) is 19.8. The van der Waals surface area contributed by atoms with E-state index in [1.165, 1.54) is 0 Å². The molecule has 1 aromatic carbocycles. The topological polar surface area (TPSA) is 89.1 Å². The first kappa shape index (κ1) is 19.4. The lowest BCUT2D eigenvalue weighted by atomic mass is 10.2. The van der Waals surface area contributed by atoms with Crippen LogP contribution in [-0.4, -0.2) is 27.7 Å². The third-order valence-electron chi connectivity index (χ3n) is 3.99. The lowest BCUT2D eigenvalue weighted by Gasteiger charge is -2.08. The molecule has 3 rings (SSSR count). The number of nitrogens with one attached hydrogen (secondary N) is 2. The molecule has 0 atom stereocenters. The third-order valence-corrected chi connectivity index (χ3v) is 3.99. The van der Waals surface area contributed by atoms with Gasteiger partial charge in [0.1, 0.15) is 17.2 Å². The number of aromatic nitrogens is 3. The van der Waals surface area contributed by atoms with Gasteiger partial charge in [-0.1, -0.05) is 13.3 Å². The van der Waals surface area contributed by atoms with Crippen LogP contribution in [0.3, 0.4) is 0 Å². The summed E-state index contributed by atoms with van der Waals surface area (Å²) in [5.41, 5.74) is 2.24. The summed E-state index contributed by atoms with van der Waals surface area (Å²) in [6.07, 6.45) is 3.52. The maximum atomic E-state index is 12.2. The molecule has 3 aromatic rings. The molecule has 0 radical (unpaired) electrons. The summed E-state index contributed by atoms with van der Waals surface area (Å²) in [5, 5.41) is 9.80. The van der Waals surface area contributed by atoms with E-state index in [1.54, 1.807) is 18.3 Å². The Morgan fingerprint density at radius 2 is 1.89 bits per heavy atom. The maximum Gasteiger partial charge on any atom is 0.272 e. The van der Waals surface area contributed by atoms with Gasteiger partial charge in [-0.25, -0.2) is 4.98 Å². The Hall–Kier alpha value is -3.35. The van der Waals surface area contributed by atoms with Gasteiger partial charge in [0.25, 0.3) is 5.91 Å². The van der Waals surface area contributed by atoms with Gasteiger partial charge in [-0.2, -0.15) is 5.10 Å². The molecule has 0 spiro atoms. The monoisotopic (exact) mass is 380 g/mol. The summed E-state index contributed by atoms with van der Waals surface area (Å²) in [4.78, 5) is 16.5. The van der Waals surface area contributed by atoms with Gasteiger partial charge >= 0.3 is 0 Å². The van der Waals surface area contributed by atoms with Crippen LogP contribution < -0.4 is 14.8 Å². The smallest absolute Gasteiger partial charge is 0.272 e. The molecule has 2 aromatic heterocycles. The lowest BCUT2D eigenvalue weighted by molar-refractivity contribution is 0.0946. The second kappa shape index (κ2) is 9.55. The van der Waals surface area contributed by atoms with Gasteiger partial charge in [-0.05, 0) is 55.3 Å². The Balaban J connectivity index is 1.57. The molecule has 1 amide bonds. The first-order valence-corrected chi connectivity index (χ1v) is 9.36. The summed E-state index contributed by atoms with van der Waals surface area (Å²) >= 11 is 0. The Morgan fingerprint density at radius 3 is 2.64 bits per heavy atom. The Kier molecular flexibility index (Phi) is 6.62. The number of carbonyl (C=O) groups is 1. The minimum atomic E-state index is -0.218. The number of ether oxygens (including phenoxy) is 2. The van der Waals surface area contributed by atoms with Crippen LogP contribution in [0.25, 0.3) is 0 Å². The van der Waals surface area contributed by atoms with E-state index in [1.807, 2.05) is 37.3 Å². The minimum absolute atomic E-state index is 0.218. The molecule has 146 valence electrons. The van der Waals surface area contributed by atoms with Crippen molar-refractivity contribution in [2.75, 3.05) is 6.61 Å². The second-order valence-corrected chi connectivity index (χ2v) is 6.22. The molecular formula is C21H24N4O3. The van der Waals surface area contributed by atoms with Crippen molar-refractivity contribution in [2.45, 2.75) is 33.2 Å². The highest BCUT2D eigenvalue weighted by molar-refractivity contribution is 5.92. The SMILES string of the molecule is CCCc1cc(C(=O)NCc2ccnc(Oc3ccc(OCC)cc3)c2)n[nH]1. The zero-order valence-electron chi connectivity index (χ0n) is 16.1. The normalized spacial score (nSPS) is 10.5. The van der Waals surface area contributed by atoms with Gasteiger partial charge in [-0.3, -0.25) is 9.89 Å². The number of aryl methyl sites for hydroxylation is 1. The third kappa shape index (κ3) is 5.33. The van der Waals surface area contributed by atoms with E-state index < -0.39 is 0 Å². The fraction of sp³-hybridized carbons (Fsp3) is 0.286. The number of carbonyl (C=O) groups excluding carboxylic acids is 1. The first-order valence-electron chi connectivity index (χ1n) is 9.36. The predicted molar refractivity (Wildman–Crippen MR) is 106 cm³/mol. The van der Waals surface area contributed by atoms with Crippen molar-refractivity contribution in [1.29, 1.82) is 0 Å². The quantitative estimate of drug-likeness (QED) is 0.588. The molecule has 0 saturated heterocycles. The maximum absolute atomic E-state index is 12.2. The van der Waals surface area contributed by atoms with Crippen molar-refractivity contribution < 1.29 is 14.3 Å². The summed E-state index contributed by atoms with van der Waals surface area (Å²) in [5.74, 6) is 1.70. The molecule has 2 heterocycles. The Labute approximate surface area is 164 Å². The molecule has 0 unspecified atom stereocenters. The van der Waals surface area contributed by atoms with Gasteiger partial charge in [0.2, 0.25) is 5.88 Å². The standard InChI is InChI=1S/C21H24N4O3/c1-3-5-16-13-19(25-24-16)21(26)23-14-15-10-11-22-20(12-15)28-18-8-6-17(7-9-18)27-4-2/h6-13H,3-5,14H2,1-2H3,(H,23,26)(H,24,25). The van der Waals surface area contributed by atoms with Crippen molar-refractivity contribution in [2.24, 2.45) is 0 Å². The van der Waals surface area contributed by atoms with Crippen molar-refractivity contribution in [3.05, 3.63) is 65.6 Å². The van der Waals surface area contributed by atoms with Gasteiger partial charge < -0.3 is 14.8 Å². The van der Waals surface area contributed by atoms with E-state index in [9.17, 15) is 4.79 Å². The highest BCUT2D eigenvalue weighted by Crippen LogP contribution is 2.23. The molecule has 0 fully saturated rings. The highest BCUT2D eigenvalue weighted by Gasteiger charge is 2.10. The number of rotatable bonds is 9. The van der Waals surface area contributed by atoms with E-state index in [0.717, 1.165) is 29.8 Å². The minimum Gasteiger partial charge on any atom is -0.494 e. The summed E-state index contributed by atoms with van der Waals surface area (Å²) in [6, 6.07) is 12.8. The Morgan fingerprint density at radius 1 is 1.11 bits per heavy atom. The van der Waals surface area contributed by atoms with Crippen LogP contribution in [0.4, 0.5) is 0 Å². The van der Waals surface area contributed by atoms with Crippen LogP contribution >= 0.6 is 0 Å². The van der Waals surface area contributed by atoms with Gasteiger partial charge in [-0.15, -0.1) is 0 Å². The molecule has 0 saturated carbocycles. The van der Waals surface area contributed by atoms with Crippen molar-refractivity contribution >= 4 is 5.91 Å². The number of amides is 1. The van der Waals surface area contributed by atoms with Crippen LogP contribution in [0, 0.1) is 0 Å². The number of nitrogens with zero attached hydrogens (tertiary/aromatic N) is 2. The van der Waals surface area contributed by atoms with Crippen LogP contribution in [0.1, 0.15) is 42.0 Å². The molecule has 7 heteroatoms. The molecule has 7 nitrogen and oxygen atoms in total. The molecule has 0 bridgehead atoms. The highest BCUT2D eigenvalue weighted by atomic mass is 16.5. The fourth-order valence-corrected chi connectivity index (χ4v) is 2.66. The molecule has 0 aliphatic carbocycles. The second-order valence-electron chi connectivity index (χ2n) is 6.22. The van der Waals surface area contributed by atoms with E-state index in [2.05, 4.69) is 27.4 Å². The van der Waals surface area contributed by atoms with E-state index >= 15 is 0 Å². The van der Waals surface area contributed by atoms with E-state index in [-0.39, 0.29) is 5.91 Å². The predicted octanol–water partition coefficient (Wildman–Crippen LogP) is 3.88. The number of hydrogen-bond donors (Lipinski definition) is 2.